The van der Waals surface area contributed by atoms with E-state index in [1.165, 1.54) is 7.05 Å². The second-order valence-corrected chi connectivity index (χ2v) is 6.94. The molecule has 2 atom stereocenters. The van der Waals surface area contributed by atoms with Gasteiger partial charge in [0.15, 0.2) is 12.0 Å². The van der Waals surface area contributed by atoms with Gasteiger partial charge in [0.25, 0.3) is 0 Å². The van der Waals surface area contributed by atoms with Crippen LogP contribution in [0, 0.1) is 0 Å². The zero-order valence-electron chi connectivity index (χ0n) is 13.1. The maximum Gasteiger partial charge on any atom is 0.337 e. The summed E-state index contributed by atoms with van der Waals surface area (Å²) in [7, 11) is -3.06. The van der Waals surface area contributed by atoms with Crippen molar-refractivity contribution in [2.75, 3.05) is 7.05 Å². The Morgan fingerprint density at radius 1 is 1.18 bits per heavy atom. The van der Waals surface area contributed by atoms with Gasteiger partial charge in [0.2, 0.25) is 0 Å². The van der Waals surface area contributed by atoms with Crippen LogP contribution in [0.3, 0.4) is 0 Å². The van der Waals surface area contributed by atoms with Crippen molar-refractivity contribution in [2.24, 2.45) is 0 Å². The lowest BCUT2D eigenvalue weighted by atomic mass is 10.1. The molecule has 1 heterocycles. The second kappa shape index (κ2) is 6.64. The summed E-state index contributed by atoms with van der Waals surface area (Å²) >= 11 is 0. The van der Waals surface area contributed by atoms with Crippen LogP contribution in [0.5, 0.6) is 0 Å². The zero-order chi connectivity index (χ0) is 16.4. The van der Waals surface area contributed by atoms with Crippen molar-refractivity contribution in [1.82, 2.24) is 4.31 Å². The van der Waals surface area contributed by atoms with Crippen LogP contribution in [0.15, 0.2) is 30.3 Å². The van der Waals surface area contributed by atoms with E-state index in [2.05, 4.69) is 0 Å². The van der Waals surface area contributed by atoms with E-state index in [1.807, 2.05) is 44.2 Å². The van der Waals surface area contributed by atoms with Gasteiger partial charge in [-0.2, -0.15) is 12.7 Å². The SMILES string of the molecule is CCC1(CC)OC(Cc2ccccc2)C(N(C)S(=O)(=O)O)O1. The average Bonchev–Trinajstić information content (AvgIpc) is 2.86. The third-order valence-corrected chi connectivity index (χ3v) is 5.03. The minimum Gasteiger partial charge on any atom is -0.342 e. The van der Waals surface area contributed by atoms with Gasteiger partial charge >= 0.3 is 10.3 Å². The van der Waals surface area contributed by atoms with Gasteiger partial charge in [-0.3, -0.25) is 4.55 Å². The third kappa shape index (κ3) is 3.67. The fraction of sp³-hybridized carbons (Fsp3) is 0.600. The maximum atomic E-state index is 11.4. The Hall–Kier alpha value is -0.990. The second-order valence-electron chi connectivity index (χ2n) is 5.47. The number of rotatable bonds is 6. The molecule has 6 nitrogen and oxygen atoms in total. The Bertz CT molecular complexity index is 585. The normalized spacial score (nSPS) is 24.8. The van der Waals surface area contributed by atoms with Crippen LogP contribution in [0.25, 0.3) is 0 Å². The summed E-state index contributed by atoms with van der Waals surface area (Å²) in [5.74, 6) is -0.816. The first-order chi connectivity index (χ1) is 10.3. The monoisotopic (exact) mass is 329 g/mol. The molecule has 1 saturated heterocycles. The van der Waals surface area contributed by atoms with Crippen LogP contribution >= 0.6 is 0 Å². The summed E-state index contributed by atoms with van der Waals surface area (Å²) in [6.07, 6.45) is 0.381. The molecule has 1 aromatic rings. The molecule has 22 heavy (non-hydrogen) atoms. The summed E-state index contributed by atoms with van der Waals surface area (Å²) in [5.41, 5.74) is 1.02. The van der Waals surface area contributed by atoms with Crippen molar-refractivity contribution in [2.45, 2.75) is 51.2 Å². The number of nitrogens with zero attached hydrogens (tertiary/aromatic N) is 1. The lowest BCUT2D eigenvalue weighted by molar-refractivity contribution is -0.185. The van der Waals surface area contributed by atoms with Crippen LogP contribution in [0.1, 0.15) is 32.3 Å². The molecule has 0 bridgehead atoms. The summed E-state index contributed by atoms with van der Waals surface area (Å²) in [6.45, 7) is 3.86. The van der Waals surface area contributed by atoms with Gasteiger partial charge in [-0.05, 0) is 18.4 Å². The highest BCUT2D eigenvalue weighted by Crippen LogP contribution is 2.37. The van der Waals surface area contributed by atoms with Crippen molar-refractivity contribution >= 4 is 10.3 Å². The molecule has 124 valence electrons. The standard InChI is InChI=1S/C15H23NO5S/c1-4-15(5-2)20-13(11-12-9-7-6-8-10-12)14(21-15)16(3)22(17,18)19/h6-10,13-14H,4-5,11H2,1-3H3,(H,17,18,19). The maximum absolute atomic E-state index is 11.4. The molecule has 0 radical (unpaired) electrons. The number of benzene rings is 1. The van der Waals surface area contributed by atoms with Crippen LogP contribution in [-0.2, 0) is 26.2 Å². The molecular weight excluding hydrogens is 306 g/mol. The molecule has 0 aliphatic carbocycles. The van der Waals surface area contributed by atoms with Crippen molar-refractivity contribution in [3.05, 3.63) is 35.9 Å². The average molecular weight is 329 g/mol. The smallest absolute Gasteiger partial charge is 0.337 e. The highest BCUT2D eigenvalue weighted by atomic mass is 32.2. The van der Waals surface area contributed by atoms with E-state index < -0.39 is 28.4 Å². The van der Waals surface area contributed by atoms with Crippen LogP contribution in [-0.4, -0.2) is 42.4 Å². The van der Waals surface area contributed by atoms with Crippen molar-refractivity contribution in [1.29, 1.82) is 0 Å². The first kappa shape index (κ1) is 17.4. The van der Waals surface area contributed by atoms with Gasteiger partial charge < -0.3 is 9.47 Å². The van der Waals surface area contributed by atoms with Gasteiger partial charge in [-0.15, -0.1) is 0 Å². The first-order valence-corrected chi connectivity index (χ1v) is 8.81. The highest BCUT2D eigenvalue weighted by molar-refractivity contribution is 7.83. The topological polar surface area (TPSA) is 76.1 Å². The molecule has 0 amide bonds. The predicted molar refractivity (Wildman–Crippen MR) is 82.5 cm³/mol. The van der Waals surface area contributed by atoms with E-state index >= 15 is 0 Å². The molecule has 1 aromatic carbocycles. The predicted octanol–water partition coefficient (Wildman–Crippen LogP) is 2.22. The molecule has 1 N–H and O–H groups in total. The number of ether oxygens (including phenoxy) is 2. The number of hydrogen-bond acceptors (Lipinski definition) is 4. The largest absolute Gasteiger partial charge is 0.342 e. The summed E-state index contributed by atoms with van der Waals surface area (Å²) in [6, 6.07) is 9.65. The zero-order valence-corrected chi connectivity index (χ0v) is 13.9. The van der Waals surface area contributed by atoms with Crippen LogP contribution < -0.4 is 0 Å². The Balaban J connectivity index is 2.27. The third-order valence-electron chi connectivity index (χ3n) is 4.10. The summed E-state index contributed by atoms with van der Waals surface area (Å²) in [5, 5.41) is 0. The minimum atomic E-state index is -4.35. The Morgan fingerprint density at radius 3 is 2.27 bits per heavy atom. The number of likely N-dealkylation sites (N-methyl/N-ethyl adjacent to an activating group) is 1. The molecule has 0 aromatic heterocycles. The van der Waals surface area contributed by atoms with E-state index in [0.717, 1.165) is 9.87 Å². The Labute approximate surface area is 131 Å². The van der Waals surface area contributed by atoms with E-state index in [0.29, 0.717) is 19.3 Å². The molecule has 1 fully saturated rings. The highest BCUT2D eigenvalue weighted by Gasteiger charge is 2.49. The molecule has 2 unspecified atom stereocenters. The van der Waals surface area contributed by atoms with Gasteiger partial charge in [0.05, 0.1) is 0 Å². The molecule has 1 aliphatic heterocycles. The van der Waals surface area contributed by atoms with Crippen molar-refractivity contribution in [3.8, 4) is 0 Å². The molecule has 0 saturated carbocycles. The van der Waals surface area contributed by atoms with E-state index in [1.54, 1.807) is 0 Å². The fourth-order valence-electron chi connectivity index (χ4n) is 2.67. The van der Waals surface area contributed by atoms with Crippen molar-refractivity contribution in [3.63, 3.8) is 0 Å². The lowest BCUT2D eigenvalue weighted by Gasteiger charge is -2.26. The molecule has 0 spiro atoms. The quantitative estimate of drug-likeness (QED) is 0.810. The van der Waals surface area contributed by atoms with Crippen LogP contribution in [0.4, 0.5) is 0 Å². The molecule has 1 aliphatic rings. The van der Waals surface area contributed by atoms with E-state index in [-0.39, 0.29) is 0 Å². The van der Waals surface area contributed by atoms with Crippen LogP contribution in [0.2, 0.25) is 0 Å². The Morgan fingerprint density at radius 2 is 1.77 bits per heavy atom. The van der Waals surface area contributed by atoms with Gasteiger partial charge in [-0.1, -0.05) is 44.2 Å². The lowest BCUT2D eigenvalue weighted by Crippen LogP contribution is -2.43. The molecular formula is C15H23NO5S. The molecule has 2 rings (SSSR count). The van der Waals surface area contributed by atoms with Gasteiger partial charge in [-0.25, -0.2) is 0 Å². The van der Waals surface area contributed by atoms with Gasteiger partial charge in [0.1, 0.15) is 6.10 Å². The Kier molecular flexibility index (Phi) is 5.24. The molecule has 7 heteroatoms. The summed E-state index contributed by atoms with van der Waals surface area (Å²) in [4.78, 5) is 0. The number of hydrogen-bond donors (Lipinski definition) is 1. The van der Waals surface area contributed by atoms with Gasteiger partial charge in [0, 0.05) is 13.5 Å². The van der Waals surface area contributed by atoms with E-state index in [4.69, 9.17) is 9.47 Å². The fourth-order valence-corrected chi connectivity index (χ4v) is 3.11. The first-order valence-electron chi connectivity index (χ1n) is 7.41. The minimum absolute atomic E-state index is 0.478. The van der Waals surface area contributed by atoms with E-state index in [9.17, 15) is 13.0 Å². The van der Waals surface area contributed by atoms with Crippen molar-refractivity contribution < 1.29 is 22.4 Å². The summed E-state index contributed by atoms with van der Waals surface area (Å²) < 4.78 is 45.0.